The molecule has 1 fully saturated rings. The molecular formula is C19H23N3O2. The third-order valence-corrected chi connectivity index (χ3v) is 4.25. The number of benzene rings is 1. The highest BCUT2D eigenvalue weighted by molar-refractivity contribution is 5.92. The van der Waals surface area contributed by atoms with Crippen molar-refractivity contribution in [3.05, 3.63) is 59.4 Å². The maximum absolute atomic E-state index is 12.2. The van der Waals surface area contributed by atoms with Crippen LogP contribution in [0, 0.1) is 6.92 Å². The Morgan fingerprint density at radius 3 is 2.88 bits per heavy atom. The molecule has 2 heterocycles. The molecule has 0 saturated carbocycles. The molecule has 1 unspecified atom stereocenters. The van der Waals surface area contributed by atoms with Crippen molar-refractivity contribution in [2.75, 3.05) is 18.5 Å². The second kappa shape index (κ2) is 7.93. The first-order valence-electron chi connectivity index (χ1n) is 8.36. The number of carbonyl (C=O) groups excluding carboxylic acids is 1. The molecule has 1 aliphatic rings. The van der Waals surface area contributed by atoms with E-state index in [1.54, 1.807) is 12.3 Å². The number of nitrogens with zero attached hydrogens (tertiary/aromatic N) is 1. The highest BCUT2D eigenvalue weighted by atomic mass is 16.5. The van der Waals surface area contributed by atoms with E-state index >= 15 is 0 Å². The summed E-state index contributed by atoms with van der Waals surface area (Å²) in [6, 6.07) is 11.6. The van der Waals surface area contributed by atoms with Gasteiger partial charge >= 0.3 is 0 Å². The number of hydrogen-bond acceptors (Lipinski definition) is 4. The van der Waals surface area contributed by atoms with Gasteiger partial charge in [0.15, 0.2) is 0 Å². The second-order valence-corrected chi connectivity index (χ2v) is 6.06. The summed E-state index contributed by atoms with van der Waals surface area (Å²) in [6.45, 7) is 4.17. The molecule has 1 aromatic carbocycles. The van der Waals surface area contributed by atoms with Gasteiger partial charge in [0.25, 0.3) is 5.91 Å². The smallest absolute Gasteiger partial charge is 0.270 e. The molecule has 2 N–H and O–H groups in total. The van der Waals surface area contributed by atoms with Crippen LogP contribution in [-0.2, 0) is 11.3 Å². The zero-order valence-electron chi connectivity index (χ0n) is 13.9. The number of anilines is 1. The number of rotatable bonds is 6. The molecule has 24 heavy (non-hydrogen) atoms. The lowest BCUT2D eigenvalue weighted by Gasteiger charge is -2.12. The van der Waals surface area contributed by atoms with E-state index in [0.29, 0.717) is 12.2 Å². The Kier molecular flexibility index (Phi) is 5.43. The molecule has 1 amide bonds. The molecule has 1 saturated heterocycles. The number of ether oxygens (including phenoxy) is 1. The van der Waals surface area contributed by atoms with E-state index in [4.69, 9.17) is 4.74 Å². The van der Waals surface area contributed by atoms with Crippen molar-refractivity contribution in [2.45, 2.75) is 32.4 Å². The van der Waals surface area contributed by atoms with E-state index in [-0.39, 0.29) is 12.0 Å². The van der Waals surface area contributed by atoms with Crippen molar-refractivity contribution in [2.24, 2.45) is 0 Å². The van der Waals surface area contributed by atoms with Crippen molar-refractivity contribution in [3.63, 3.8) is 0 Å². The number of aryl methyl sites for hydroxylation is 1. The van der Waals surface area contributed by atoms with Crippen molar-refractivity contribution in [3.8, 4) is 0 Å². The van der Waals surface area contributed by atoms with Crippen LogP contribution in [-0.4, -0.2) is 30.1 Å². The van der Waals surface area contributed by atoms with Gasteiger partial charge in [0.2, 0.25) is 0 Å². The van der Waals surface area contributed by atoms with Crippen LogP contribution in [0.3, 0.4) is 0 Å². The summed E-state index contributed by atoms with van der Waals surface area (Å²) in [5, 5.41) is 6.21. The molecule has 3 rings (SSSR count). The molecule has 126 valence electrons. The van der Waals surface area contributed by atoms with Gasteiger partial charge < -0.3 is 15.4 Å². The first-order chi connectivity index (χ1) is 11.7. The minimum Gasteiger partial charge on any atom is -0.381 e. The molecule has 0 bridgehead atoms. The molecule has 5 nitrogen and oxygen atoms in total. The van der Waals surface area contributed by atoms with Crippen molar-refractivity contribution in [1.82, 2.24) is 10.3 Å². The summed E-state index contributed by atoms with van der Waals surface area (Å²) >= 11 is 0. The number of nitrogens with one attached hydrogen (secondary N) is 2. The standard InChI is InChI=1S/C19H23N3O2/c1-14-5-2-3-6-15(14)11-22-19(23)18-9-8-16(12-21-18)20-13-17-7-4-10-24-17/h2-3,5-6,8-9,12,17,20H,4,7,10-11,13H2,1H3,(H,22,23). The Labute approximate surface area is 142 Å². The minimum atomic E-state index is -0.163. The predicted molar refractivity (Wildman–Crippen MR) is 94.0 cm³/mol. The Balaban J connectivity index is 1.50. The van der Waals surface area contributed by atoms with Crippen LogP contribution in [0.2, 0.25) is 0 Å². The summed E-state index contributed by atoms with van der Waals surface area (Å²) < 4.78 is 5.57. The molecule has 2 aromatic rings. The lowest BCUT2D eigenvalue weighted by Crippen LogP contribution is -2.24. The van der Waals surface area contributed by atoms with Crippen LogP contribution in [0.1, 0.15) is 34.5 Å². The summed E-state index contributed by atoms with van der Waals surface area (Å²) in [5.74, 6) is -0.163. The predicted octanol–water partition coefficient (Wildman–Crippen LogP) is 2.91. The van der Waals surface area contributed by atoms with Gasteiger partial charge in [-0.2, -0.15) is 0 Å². The van der Waals surface area contributed by atoms with E-state index in [9.17, 15) is 4.79 Å². The van der Waals surface area contributed by atoms with E-state index < -0.39 is 0 Å². The normalized spacial score (nSPS) is 16.8. The van der Waals surface area contributed by atoms with Crippen molar-refractivity contribution in [1.29, 1.82) is 0 Å². The average molecular weight is 325 g/mol. The van der Waals surface area contributed by atoms with Crippen LogP contribution in [0.15, 0.2) is 42.6 Å². The molecule has 5 heteroatoms. The third-order valence-electron chi connectivity index (χ3n) is 4.25. The Hall–Kier alpha value is -2.40. The number of hydrogen-bond donors (Lipinski definition) is 2. The molecular weight excluding hydrogens is 302 g/mol. The highest BCUT2D eigenvalue weighted by Crippen LogP contribution is 2.14. The van der Waals surface area contributed by atoms with Crippen LogP contribution < -0.4 is 10.6 Å². The lowest BCUT2D eigenvalue weighted by molar-refractivity contribution is 0.0946. The lowest BCUT2D eigenvalue weighted by atomic mass is 10.1. The minimum absolute atomic E-state index is 0.163. The summed E-state index contributed by atoms with van der Waals surface area (Å²) in [6.07, 6.45) is 4.20. The fourth-order valence-corrected chi connectivity index (χ4v) is 2.74. The maximum atomic E-state index is 12.2. The van der Waals surface area contributed by atoms with Crippen LogP contribution in [0.4, 0.5) is 5.69 Å². The third kappa shape index (κ3) is 4.32. The Bertz CT molecular complexity index is 679. The number of amides is 1. The van der Waals surface area contributed by atoms with Gasteiger partial charge in [-0.1, -0.05) is 24.3 Å². The SMILES string of the molecule is Cc1ccccc1CNC(=O)c1ccc(NCC2CCCO2)cn1. The number of pyridine rings is 1. The average Bonchev–Trinajstić information content (AvgIpc) is 3.13. The van der Waals surface area contributed by atoms with Crippen LogP contribution in [0.25, 0.3) is 0 Å². The fourth-order valence-electron chi connectivity index (χ4n) is 2.74. The van der Waals surface area contributed by atoms with Crippen LogP contribution in [0.5, 0.6) is 0 Å². The molecule has 0 spiro atoms. The molecule has 1 aliphatic heterocycles. The largest absolute Gasteiger partial charge is 0.381 e. The zero-order chi connectivity index (χ0) is 16.8. The van der Waals surface area contributed by atoms with E-state index in [2.05, 4.69) is 15.6 Å². The maximum Gasteiger partial charge on any atom is 0.270 e. The number of carbonyl (C=O) groups is 1. The Morgan fingerprint density at radius 1 is 1.29 bits per heavy atom. The van der Waals surface area contributed by atoms with E-state index in [0.717, 1.165) is 37.2 Å². The first-order valence-corrected chi connectivity index (χ1v) is 8.36. The van der Waals surface area contributed by atoms with Crippen LogP contribution >= 0.6 is 0 Å². The molecule has 1 aromatic heterocycles. The van der Waals surface area contributed by atoms with Gasteiger partial charge in [0.05, 0.1) is 18.0 Å². The van der Waals surface area contributed by atoms with Crippen molar-refractivity contribution >= 4 is 11.6 Å². The van der Waals surface area contributed by atoms with Gasteiger partial charge in [0.1, 0.15) is 5.69 Å². The van der Waals surface area contributed by atoms with E-state index in [1.807, 2.05) is 37.3 Å². The summed E-state index contributed by atoms with van der Waals surface area (Å²) in [4.78, 5) is 16.4. The van der Waals surface area contributed by atoms with Gasteiger partial charge in [-0.05, 0) is 43.0 Å². The van der Waals surface area contributed by atoms with Gasteiger partial charge in [-0.25, -0.2) is 4.98 Å². The van der Waals surface area contributed by atoms with Gasteiger partial charge in [0, 0.05) is 19.7 Å². The van der Waals surface area contributed by atoms with Gasteiger partial charge in [-0.15, -0.1) is 0 Å². The Morgan fingerprint density at radius 2 is 2.17 bits per heavy atom. The monoisotopic (exact) mass is 325 g/mol. The molecule has 0 radical (unpaired) electrons. The first kappa shape index (κ1) is 16.5. The second-order valence-electron chi connectivity index (χ2n) is 6.06. The molecule has 1 atom stereocenters. The van der Waals surface area contributed by atoms with Crippen molar-refractivity contribution < 1.29 is 9.53 Å². The topological polar surface area (TPSA) is 63.2 Å². The summed E-state index contributed by atoms with van der Waals surface area (Å²) in [7, 11) is 0. The van der Waals surface area contributed by atoms with E-state index in [1.165, 1.54) is 5.56 Å². The highest BCUT2D eigenvalue weighted by Gasteiger charge is 2.15. The fraction of sp³-hybridized carbons (Fsp3) is 0.368. The molecule has 0 aliphatic carbocycles. The number of aromatic nitrogens is 1. The summed E-state index contributed by atoms with van der Waals surface area (Å²) in [5.41, 5.74) is 3.60. The zero-order valence-corrected chi connectivity index (χ0v) is 13.9. The quantitative estimate of drug-likeness (QED) is 0.857. The van der Waals surface area contributed by atoms with Gasteiger partial charge in [-0.3, -0.25) is 4.79 Å².